The Morgan fingerprint density at radius 1 is 1.08 bits per heavy atom. The predicted molar refractivity (Wildman–Crippen MR) is 87.5 cm³/mol. The Bertz CT molecular complexity index is 921. The van der Waals surface area contributed by atoms with Crippen LogP contribution in [0.15, 0.2) is 42.5 Å². The lowest BCUT2D eigenvalue weighted by molar-refractivity contribution is -0.136. The van der Waals surface area contributed by atoms with Gasteiger partial charge in [-0.05, 0) is 25.1 Å². The van der Waals surface area contributed by atoms with Gasteiger partial charge in [-0.1, -0.05) is 24.3 Å². The molecule has 1 heterocycles. The molecule has 0 aliphatic carbocycles. The largest absolute Gasteiger partial charge is 0.481 e. The Kier molecular flexibility index (Phi) is 4.12. The Morgan fingerprint density at radius 3 is 2.42 bits per heavy atom. The van der Waals surface area contributed by atoms with Crippen molar-refractivity contribution in [1.82, 2.24) is 4.98 Å². The Balaban J connectivity index is 2.25. The molecule has 0 unspecified atom stereocenters. The van der Waals surface area contributed by atoms with Crippen LogP contribution in [-0.2, 0) is 11.2 Å². The van der Waals surface area contributed by atoms with E-state index >= 15 is 0 Å². The molecular weight excluding hydrogens is 314 g/mol. The fourth-order valence-corrected chi connectivity index (χ4v) is 2.63. The number of nitrogens with one attached hydrogen (secondary N) is 1. The van der Waals surface area contributed by atoms with Gasteiger partial charge >= 0.3 is 5.97 Å². The van der Waals surface area contributed by atoms with E-state index in [2.05, 4.69) is 10.3 Å². The molecule has 0 saturated heterocycles. The van der Waals surface area contributed by atoms with E-state index in [1.165, 1.54) is 6.07 Å². The summed E-state index contributed by atoms with van der Waals surface area (Å²) in [4.78, 5) is 15.6. The number of benzene rings is 2. The first-order chi connectivity index (χ1) is 11.5. The van der Waals surface area contributed by atoms with Crippen molar-refractivity contribution in [3.8, 4) is 0 Å². The molecule has 1 aromatic heterocycles. The number of aryl methyl sites for hydroxylation is 1. The number of rotatable bonds is 4. The zero-order valence-electron chi connectivity index (χ0n) is 12.8. The molecule has 0 fully saturated rings. The lowest BCUT2D eigenvalue weighted by Crippen LogP contribution is -2.09. The molecule has 3 rings (SSSR count). The van der Waals surface area contributed by atoms with Crippen molar-refractivity contribution in [2.45, 2.75) is 13.3 Å². The number of carboxylic acids is 1. The summed E-state index contributed by atoms with van der Waals surface area (Å²) in [5, 5.41) is 12.5. The van der Waals surface area contributed by atoms with Crippen LogP contribution < -0.4 is 5.32 Å². The normalized spacial score (nSPS) is 10.8. The number of hydrogen-bond donors (Lipinski definition) is 2. The number of fused-ring (bicyclic) bond motifs is 1. The van der Waals surface area contributed by atoms with Gasteiger partial charge in [0.15, 0.2) is 0 Å². The third kappa shape index (κ3) is 2.90. The van der Waals surface area contributed by atoms with E-state index in [9.17, 15) is 13.6 Å². The van der Waals surface area contributed by atoms with Crippen LogP contribution in [0.1, 0.15) is 11.3 Å². The minimum atomic E-state index is -1.05. The molecular formula is C18H14F2N2O2. The van der Waals surface area contributed by atoms with Gasteiger partial charge in [0.2, 0.25) is 0 Å². The molecule has 0 radical (unpaired) electrons. The Hall–Kier alpha value is -3.02. The van der Waals surface area contributed by atoms with Crippen molar-refractivity contribution in [3.63, 3.8) is 0 Å². The van der Waals surface area contributed by atoms with Crippen molar-refractivity contribution in [2.24, 2.45) is 0 Å². The highest BCUT2D eigenvalue weighted by Crippen LogP contribution is 2.33. The number of carboxylic acid groups (broad SMARTS) is 1. The van der Waals surface area contributed by atoms with Crippen LogP contribution in [0.5, 0.6) is 0 Å². The highest BCUT2D eigenvalue weighted by atomic mass is 19.1. The lowest BCUT2D eigenvalue weighted by Gasteiger charge is -2.17. The van der Waals surface area contributed by atoms with E-state index in [1.54, 1.807) is 31.2 Å². The molecule has 24 heavy (non-hydrogen) atoms. The summed E-state index contributed by atoms with van der Waals surface area (Å²) >= 11 is 0. The molecule has 3 aromatic rings. The van der Waals surface area contributed by atoms with Gasteiger partial charge in [-0.15, -0.1) is 0 Å². The van der Waals surface area contributed by atoms with E-state index in [4.69, 9.17) is 5.11 Å². The molecule has 0 aliphatic rings. The first-order valence-electron chi connectivity index (χ1n) is 7.28. The fourth-order valence-electron chi connectivity index (χ4n) is 2.63. The van der Waals surface area contributed by atoms with E-state index in [0.29, 0.717) is 27.8 Å². The first-order valence-corrected chi connectivity index (χ1v) is 7.28. The topological polar surface area (TPSA) is 62.2 Å². The van der Waals surface area contributed by atoms with Gasteiger partial charge in [0, 0.05) is 16.6 Å². The zero-order valence-corrected chi connectivity index (χ0v) is 12.8. The highest BCUT2D eigenvalue weighted by Gasteiger charge is 2.18. The van der Waals surface area contributed by atoms with E-state index in [1.807, 2.05) is 0 Å². The third-order valence-electron chi connectivity index (χ3n) is 3.74. The number of aliphatic carboxylic acids is 1. The maximum atomic E-state index is 14.0. The number of halogens is 2. The molecule has 2 N–H and O–H groups in total. The highest BCUT2D eigenvalue weighted by molar-refractivity contribution is 5.96. The van der Waals surface area contributed by atoms with Crippen molar-refractivity contribution < 1.29 is 18.7 Å². The molecule has 0 bridgehead atoms. The van der Waals surface area contributed by atoms with Crippen LogP contribution in [0.25, 0.3) is 10.9 Å². The summed E-state index contributed by atoms with van der Waals surface area (Å²) in [5.74, 6) is -2.56. The summed E-state index contributed by atoms with van der Waals surface area (Å²) in [6.45, 7) is 1.67. The molecule has 0 atom stereocenters. The average Bonchev–Trinajstić information content (AvgIpc) is 2.53. The summed E-state index contributed by atoms with van der Waals surface area (Å²) in [6, 6.07) is 10.6. The standard InChI is InChI=1S/C18H14F2N2O2/c1-10-12(9-16(23)24)17(11-5-2-3-8-15(11)21-10)22-18-13(19)6-4-7-14(18)20/h2-8H,9H2,1H3,(H,21,22)(H,23,24). The molecule has 6 heteroatoms. The summed E-state index contributed by atoms with van der Waals surface area (Å²) < 4.78 is 28.0. The van der Waals surface area contributed by atoms with Gasteiger partial charge in [-0.25, -0.2) is 8.78 Å². The second kappa shape index (κ2) is 6.23. The second-order valence-electron chi connectivity index (χ2n) is 5.36. The zero-order chi connectivity index (χ0) is 17.3. The third-order valence-corrected chi connectivity index (χ3v) is 3.74. The molecule has 0 spiro atoms. The number of pyridine rings is 1. The first kappa shape index (κ1) is 15.9. The van der Waals surface area contributed by atoms with Crippen LogP contribution in [0, 0.1) is 18.6 Å². The van der Waals surface area contributed by atoms with E-state index in [0.717, 1.165) is 12.1 Å². The summed E-state index contributed by atoms with van der Waals surface area (Å²) in [6.07, 6.45) is -0.303. The number of anilines is 2. The Morgan fingerprint density at radius 2 is 1.75 bits per heavy atom. The van der Waals surface area contributed by atoms with Gasteiger partial charge in [0.1, 0.15) is 17.3 Å². The number of carbonyl (C=O) groups is 1. The van der Waals surface area contributed by atoms with Gasteiger partial charge in [0.05, 0.1) is 17.6 Å². The van der Waals surface area contributed by atoms with Gasteiger partial charge in [-0.3, -0.25) is 9.78 Å². The maximum absolute atomic E-state index is 14.0. The van der Waals surface area contributed by atoms with Crippen molar-refractivity contribution in [3.05, 3.63) is 65.4 Å². The Labute approximate surface area is 136 Å². The molecule has 0 saturated carbocycles. The van der Waals surface area contributed by atoms with Crippen molar-refractivity contribution in [1.29, 1.82) is 0 Å². The molecule has 4 nitrogen and oxygen atoms in total. The van der Waals surface area contributed by atoms with Crippen molar-refractivity contribution in [2.75, 3.05) is 5.32 Å². The maximum Gasteiger partial charge on any atom is 0.307 e. The average molecular weight is 328 g/mol. The summed E-state index contributed by atoms with van der Waals surface area (Å²) in [5.41, 5.74) is 1.53. The SMILES string of the molecule is Cc1nc2ccccc2c(Nc2c(F)cccc2F)c1CC(=O)O. The molecule has 0 aliphatic heterocycles. The van der Waals surface area contributed by atoms with Gasteiger partial charge in [0.25, 0.3) is 0 Å². The van der Waals surface area contributed by atoms with Gasteiger partial charge < -0.3 is 10.4 Å². The van der Waals surface area contributed by atoms with Gasteiger partial charge in [-0.2, -0.15) is 0 Å². The quantitative estimate of drug-likeness (QED) is 0.754. The van der Waals surface area contributed by atoms with Crippen LogP contribution in [-0.4, -0.2) is 16.1 Å². The van der Waals surface area contributed by atoms with Crippen molar-refractivity contribution >= 4 is 28.2 Å². The lowest BCUT2D eigenvalue weighted by atomic mass is 10.0. The van der Waals surface area contributed by atoms with Crippen LogP contribution in [0.2, 0.25) is 0 Å². The summed E-state index contributed by atoms with van der Waals surface area (Å²) in [7, 11) is 0. The molecule has 2 aromatic carbocycles. The van der Waals surface area contributed by atoms with Crippen LogP contribution in [0.3, 0.4) is 0 Å². The fraction of sp³-hybridized carbons (Fsp3) is 0.111. The van der Waals surface area contributed by atoms with E-state index in [-0.39, 0.29) is 12.1 Å². The van der Waals surface area contributed by atoms with Crippen LogP contribution >= 0.6 is 0 Å². The smallest absolute Gasteiger partial charge is 0.307 e. The number of nitrogens with zero attached hydrogens (tertiary/aromatic N) is 1. The minimum Gasteiger partial charge on any atom is -0.481 e. The molecule has 122 valence electrons. The second-order valence-corrected chi connectivity index (χ2v) is 5.36. The number of aromatic nitrogens is 1. The predicted octanol–water partition coefficient (Wildman–Crippen LogP) is 4.19. The minimum absolute atomic E-state index is 0.303. The van der Waals surface area contributed by atoms with E-state index < -0.39 is 17.6 Å². The molecule has 0 amide bonds. The van der Waals surface area contributed by atoms with Crippen LogP contribution in [0.4, 0.5) is 20.2 Å². The monoisotopic (exact) mass is 328 g/mol. The number of hydrogen-bond acceptors (Lipinski definition) is 3. The number of para-hydroxylation sites is 2.